The predicted octanol–water partition coefficient (Wildman–Crippen LogP) is 2.04. The summed E-state index contributed by atoms with van der Waals surface area (Å²) in [4.78, 5) is 17.3. The quantitative estimate of drug-likeness (QED) is 0.601. The van der Waals surface area contributed by atoms with E-state index in [9.17, 15) is 13.2 Å². The summed E-state index contributed by atoms with van der Waals surface area (Å²) in [5.74, 6) is -0.183. The minimum Gasteiger partial charge on any atom is -0.352 e. The number of likely N-dealkylation sites (N-methyl/N-ethyl adjacent to an activating group) is 1. The maximum atomic E-state index is 12.5. The van der Waals surface area contributed by atoms with Crippen LogP contribution in [0, 0.1) is 13.8 Å². The van der Waals surface area contributed by atoms with Crippen LogP contribution in [0.25, 0.3) is 0 Å². The third-order valence-corrected chi connectivity index (χ3v) is 7.37. The van der Waals surface area contributed by atoms with Gasteiger partial charge in [0.1, 0.15) is 0 Å². The first kappa shape index (κ1) is 24.4. The van der Waals surface area contributed by atoms with Crippen LogP contribution in [0.5, 0.6) is 0 Å². The minimum atomic E-state index is -3.63. The van der Waals surface area contributed by atoms with Crippen molar-refractivity contribution in [2.24, 2.45) is 0 Å². The van der Waals surface area contributed by atoms with Gasteiger partial charge in [-0.1, -0.05) is 42.0 Å². The van der Waals surface area contributed by atoms with Gasteiger partial charge in [-0.3, -0.25) is 9.69 Å². The molecular weight excluding hydrogens is 424 g/mol. The number of carbonyl (C=O) groups is 1. The average molecular weight is 459 g/mol. The number of aryl methyl sites for hydroxylation is 2. The number of amides is 1. The third kappa shape index (κ3) is 7.13. The van der Waals surface area contributed by atoms with Gasteiger partial charge < -0.3 is 10.2 Å². The van der Waals surface area contributed by atoms with Gasteiger partial charge in [0.25, 0.3) is 0 Å². The molecule has 32 heavy (non-hydrogen) atoms. The highest BCUT2D eigenvalue weighted by atomic mass is 32.2. The summed E-state index contributed by atoms with van der Waals surface area (Å²) in [6.45, 7) is 9.40. The van der Waals surface area contributed by atoms with Crippen molar-refractivity contribution >= 4 is 15.9 Å². The van der Waals surface area contributed by atoms with Gasteiger partial charge in [-0.15, -0.1) is 0 Å². The number of nitrogens with zero attached hydrogens (tertiary/aromatic N) is 2. The van der Waals surface area contributed by atoms with Crippen molar-refractivity contribution in [2.45, 2.75) is 38.3 Å². The second kappa shape index (κ2) is 11.0. The normalized spacial score (nSPS) is 15.6. The molecule has 1 fully saturated rings. The fraction of sp³-hybridized carbons (Fsp3) is 0.458. The molecule has 3 rings (SSSR count). The average Bonchev–Trinajstić information content (AvgIpc) is 2.74. The van der Waals surface area contributed by atoms with E-state index in [4.69, 9.17) is 0 Å². The van der Waals surface area contributed by atoms with Crippen molar-refractivity contribution in [3.05, 3.63) is 64.7 Å². The van der Waals surface area contributed by atoms with E-state index in [1.807, 2.05) is 25.1 Å². The van der Waals surface area contributed by atoms with E-state index in [2.05, 4.69) is 39.0 Å². The Bertz CT molecular complexity index is 1030. The van der Waals surface area contributed by atoms with E-state index >= 15 is 0 Å². The van der Waals surface area contributed by atoms with Crippen LogP contribution in [0.3, 0.4) is 0 Å². The molecule has 1 aliphatic rings. The highest BCUT2D eigenvalue weighted by Gasteiger charge is 2.17. The lowest BCUT2D eigenvalue weighted by atomic mass is 10.1. The Kier molecular flexibility index (Phi) is 8.42. The molecule has 8 heteroatoms. The van der Waals surface area contributed by atoms with Gasteiger partial charge in [0.05, 0.1) is 4.90 Å². The van der Waals surface area contributed by atoms with E-state index < -0.39 is 10.0 Å². The number of benzene rings is 2. The molecule has 0 spiro atoms. The van der Waals surface area contributed by atoms with Crippen LogP contribution in [0.4, 0.5) is 0 Å². The summed E-state index contributed by atoms with van der Waals surface area (Å²) in [5, 5.41) is 2.89. The van der Waals surface area contributed by atoms with Crippen LogP contribution < -0.4 is 10.0 Å². The Labute approximate surface area is 191 Å². The number of piperazine rings is 1. The van der Waals surface area contributed by atoms with Crippen molar-refractivity contribution in [1.82, 2.24) is 19.8 Å². The van der Waals surface area contributed by atoms with E-state index in [0.717, 1.165) is 43.9 Å². The van der Waals surface area contributed by atoms with Crippen molar-refractivity contribution in [3.8, 4) is 0 Å². The zero-order valence-corrected chi connectivity index (χ0v) is 20.0. The van der Waals surface area contributed by atoms with Crippen LogP contribution in [0.2, 0.25) is 0 Å². The van der Waals surface area contributed by atoms with Gasteiger partial charge >= 0.3 is 0 Å². The summed E-state index contributed by atoms with van der Waals surface area (Å²) < 4.78 is 27.5. The summed E-state index contributed by atoms with van der Waals surface area (Å²) in [5.41, 5.74) is 3.98. The maximum Gasteiger partial charge on any atom is 0.240 e. The molecular formula is C24H34N4O3S. The van der Waals surface area contributed by atoms with Crippen molar-refractivity contribution in [2.75, 3.05) is 39.8 Å². The molecule has 0 aliphatic carbocycles. The summed E-state index contributed by atoms with van der Waals surface area (Å²) in [7, 11) is -1.48. The Morgan fingerprint density at radius 2 is 1.72 bits per heavy atom. The molecule has 1 aliphatic heterocycles. The van der Waals surface area contributed by atoms with E-state index in [1.54, 1.807) is 19.1 Å². The van der Waals surface area contributed by atoms with Crippen molar-refractivity contribution < 1.29 is 13.2 Å². The Morgan fingerprint density at radius 1 is 1.00 bits per heavy atom. The second-order valence-corrected chi connectivity index (χ2v) is 10.3. The lowest BCUT2D eigenvalue weighted by molar-refractivity contribution is -0.121. The molecule has 2 aromatic carbocycles. The van der Waals surface area contributed by atoms with Gasteiger partial charge in [0.2, 0.25) is 15.9 Å². The van der Waals surface area contributed by atoms with Crippen LogP contribution >= 0.6 is 0 Å². The Hall–Kier alpha value is -2.26. The summed E-state index contributed by atoms with van der Waals surface area (Å²) >= 11 is 0. The Morgan fingerprint density at radius 3 is 2.44 bits per heavy atom. The standard InChI is InChI=1S/C24H34N4O3S/c1-19-7-8-23(20(2)15-19)32(30,31)26-10-9-24(29)25-17-21-5-4-6-22(16-21)18-28-13-11-27(3)12-14-28/h4-8,15-16,26H,9-14,17-18H2,1-3H3,(H,25,29). The molecule has 0 aromatic heterocycles. The molecule has 174 valence electrons. The van der Waals surface area contributed by atoms with Crippen molar-refractivity contribution in [1.29, 1.82) is 0 Å². The van der Waals surface area contributed by atoms with Gasteiger partial charge in [-0.2, -0.15) is 0 Å². The molecule has 0 atom stereocenters. The number of carbonyl (C=O) groups excluding carboxylic acids is 1. The summed E-state index contributed by atoms with van der Waals surface area (Å²) in [6, 6.07) is 13.5. The Balaban J connectivity index is 1.44. The van der Waals surface area contributed by atoms with E-state index in [-0.39, 0.29) is 23.8 Å². The number of rotatable bonds is 9. The first-order valence-electron chi connectivity index (χ1n) is 11.1. The lowest BCUT2D eigenvalue weighted by Gasteiger charge is -2.32. The smallest absolute Gasteiger partial charge is 0.240 e. The maximum absolute atomic E-state index is 12.5. The topological polar surface area (TPSA) is 81.7 Å². The highest BCUT2D eigenvalue weighted by molar-refractivity contribution is 7.89. The molecule has 0 saturated carbocycles. The number of sulfonamides is 1. The zero-order chi connectivity index (χ0) is 23.1. The molecule has 1 heterocycles. The third-order valence-electron chi connectivity index (χ3n) is 5.75. The molecule has 1 amide bonds. The molecule has 0 radical (unpaired) electrons. The van der Waals surface area contributed by atoms with Crippen LogP contribution in [0.15, 0.2) is 47.4 Å². The highest BCUT2D eigenvalue weighted by Crippen LogP contribution is 2.16. The van der Waals surface area contributed by atoms with Gasteiger partial charge in [-0.05, 0) is 43.7 Å². The molecule has 2 N–H and O–H groups in total. The monoisotopic (exact) mass is 458 g/mol. The zero-order valence-electron chi connectivity index (χ0n) is 19.2. The van der Waals surface area contributed by atoms with E-state index in [1.165, 1.54) is 5.56 Å². The summed E-state index contributed by atoms with van der Waals surface area (Å²) in [6.07, 6.45) is 0.0884. The SMILES string of the molecule is Cc1ccc(S(=O)(=O)NCCC(=O)NCc2cccc(CN3CCN(C)CC3)c2)c(C)c1. The first-order chi connectivity index (χ1) is 15.2. The predicted molar refractivity (Wildman–Crippen MR) is 127 cm³/mol. The van der Waals surface area contributed by atoms with Gasteiger partial charge in [0, 0.05) is 52.2 Å². The van der Waals surface area contributed by atoms with E-state index in [0.29, 0.717) is 12.1 Å². The van der Waals surface area contributed by atoms with Gasteiger partial charge in [0.15, 0.2) is 0 Å². The molecule has 0 unspecified atom stereocenters. The number of hydrogen-bond donors (Lipinski definition) is 2. The fourth-order valence-electron chi connectivity index (χ4n) is 3.87. The fourth-order valence-corrected chi connectivity index (χ4v) is 5.12. The van der Waals surface area contributed by atoms with Gasteiger partial charge in [-0.25, -0.2) is 13.1 Å². The largest absolute Gasteiger partial charge is 0.352 e. The van der Waals surface area contributed by atoms with Crippen molar-refractivity contribution in [3.63, 3.8) is 0 Å². The number of hydrogen-bond acceptors (Lipinski definition) is 5. The second-order valence-electron chi connectivity index (χ2n) is 8.59. The first-order valence-corrected chi connectivity index (χ1v) is 12.5. The number of nitrogens with one attached hydrogen (secondary N) is 2. The molecule has 2 aromatic rings. The van der Waals surface area contributed by atoms with Crippen LogP contribution in [-0.2, 0) is 27.9 Å². The molecule has 7 nitrogen and oxygen atoms in total. The minimum absolute atomic E-state index is 0.0604. The van der Waals surface area contributed by atoms with Crippen LogP contribution in [0.1, 0.15) is 28.7 Å². The molecule has 0 bridgehead atoms. The van der Waals surface area contributed by atoms with Crippen LogP contribution in [-0.4, -0.2) is 63.9 Å². The molecule has 1 saturated heterocycles. The lowest BCUT2D eigenvalue weighted by Crippen LogP contribution is -2.43.